The van der Waals surface area contributed by atoms with Gasteiger partial charge in [0.15, 0.2) is 5.13 Å². The molecule has 0 radical (unpaired) electrons. The van der Waals surface area contributed by atoms with E-state index in [2.05, 4.69) is 25.8 Å². The summed E-state index contributed by atoms with van der Waals surface area (Å²) in [6.07, 6.45) is 0. The summed E-state index contributed by atoms with van der Waals surface area (Å²) in [7, 11) is 0. The molecule has 8 nitrogen and oxygen atoms in total. The van der Waals surface area contributed by atoms with Gasteiger partial charge in [0.1, 0.15) is 16.4 Å². The first-order chi connectivity index (χ1) is 19.3. The molecule has 9 heteroatoms. The zero-order valence-electron chi connectivity index (χ0n) is 24.5. The van der Waals surface area contributed by atoms with Crippen LogP contribution in [0.4, 0.5) is 5.13 Å². The Morgan fingerprint density at radius 3 is 2.27 bits per heavy atom. The first-order valence-corrected chi connectivity index (χ1v) is 14.4. The number of benzene rings is 2. The van der Waals surface area contributed by atoms with Crippen LogP contribution in [0, 0.1) is 12.8 Å². The Morgan fingerprint density at radius 2 is 1.71 bits per heavy atom. The van der Waals surface area contributed by atoms with E-state index in [0.717, 1.165) is 16.9 Å². The van der Waals surface area contributed by atoms with E-state index in [-0.39, 0.29) is 33.4 Å². The number of ketones is 1. The summed E-state index contributed by atoms with van der Waals surface area (Å²) in [6.45, 7) is 14.5. The number of esters is 1. The van der Waals surface area contributed by atoms with E-state index in [1.54, 1.807) is 38.1 Å². The van der Waals surface area contributed by atoms with Crippen molar-refractivity contribution >= 4 is 39.9 Å². The van der Waals surface area contributed by atoms with Gasteiger partial charge in [0.25, 0.3) is 5.78 Å². The summed E-state index contributed by atoms with van der Waals surface area (Å²) in [6, 6.07) is 13.4. The molecular weight excluding hydrogens is 540 g/mol. The number of ether oxygens (including phenoxy) is 2. The van der Waals surface area contributed by atoms with E-state index in [9.17, 15) is 19.5 Å². The number of amides is 1. The number of carbonyl (C=O) groups is 3. The van der Waals surface area contributed by atoms with Gasteiger partial charge in [-0.2, -0.15) is 0 Å². The first kappa shape index (κ1) is 30.0. The lowest BCUT2D eigenvalue weighted by molar-refractivity contribution is -0.132. The third-order valence-electron chi connectivity index (χ3n) is 6.70. The molecule has 0 saturated carbocycles. The molecule has 1 aromatic heterocycles. The molecule has 1 saturated heterocycles. The van der Waals surface area contributed by atoms with Crippen LogP contribution in [0.25, 0.3) is 5.76 Å². The minimum atomic E-state index is -0.957. The number of aromatic nitrogens is 1. The summed E-state index contributed by atoms with van der Waals surface area (Å²) < 4.78 is 10.9. The van der Waals surface area contributed by atoms with E-state index >= 15 is 0 Å². The molecular formula is C32H36N2O6S. The Labute approximate surface area is 244 Å². The summed E-state index contributed by atoms with van der Waals surface area (Å²) in [4.78, 5) is 45.6. The van der Waals surface area contributed by atoms with Gasteiger partial charge in [-0.3, -0.25) is 14.5 Å². The van der Waals surface area contributed by atoms with E-state index in [1.165, 1.54) is 4.90 Å². The van der Waals surface area contributed by atoms with Crippen LogP contribution in [0.2, 0.25) is 0 Å². The van der Waals surface area contributed by atoms with Crippen molar-refractivity contribution in [3.8, 4) is 5.75 Å². The number of aliphatic hydroxyl groups is 1. The average Bonchev–Trinajstić information content (AvgIpc) is 3.43. The molecule has 0 spiro atoms. The number of hydrogen-bond acceptors (Lipinski definition) is 8. The highest BCUT2D eigenvalue weighted by Gasteiger charge is 2.48. The summed E-state index contributed by atoms with van der Waals surface area (Å²) >= 11 is 0.982. The zero-order chi connectivity index (χ0) is 30.1. The van der Waals surface area contributed by atoms with Gasteiger partial charge >= 0.3 is 11.9 Å². The lowest BCUT2D eigenvalue weighted by Crippen LogP contribution is -2.29. The normalized spacial score (nSPS) is 16.9. The number of hydrogen-bond donors (Lipinski definition) is 1. The molecule has 1 aliphatic rings. The molecule has 0 bridgehead atoms. The van der Waals surface area contributed by atoms with E-state index in [0.29, 0.717) is 35.1 Å². The van der Waals surface area contributed by atoms with Crippen molar-refractivity contribution in [3.63, 3.8) is 0 Å². The van der Waals surface area contributed by atoms with Gasteiger partial charge < -0.3 is 14.6 Å². The van der Waals surface area contributed by atoms with Crippen LogP contribution in [0.1, 0.15) is 79.6 Å². The number of nitrogens with zero attached hydrogens (tertiary/aromatic N) is 2. The number of carbonyl (C=O) groups excluding carboxylic acids is 3. The Morgan fingerprint density at radius 1 is 1.07 bits per heavy atom. The van der Waals surface area contributed by atoms with Crippen molar-refractivity contribution in [1.29, 1.82) is 0 Å². The van der Waals surface area contributed by atoms with Crippen molar-refractivity contribution in [1.82, 2.24) is 4.98 Å². The number of rotatable bonds is 8. The van der Waals surface area contributed by atoms with Gasteiger partial charge in [-0.25, -0.2) is 9.78 Å². The van der Waals surface area contributed by atoms with Crippen LogP contribution in [-0.2, 0) is 19.7 Å². The fraction of sp³-hybridized carbons (Fsp3) is 0.375. The average molecular weight is 577 g/mol. The molecule has 1 fully saturated rings. The van der Waals surface area contributed by atoms with Crippen molar-refractivity contribution < 1.29 is 29.0 Å². The molecule has 3 aromatic rings. The number of anilines is 1. The van der Waals surface area contributed by atoms with Gasteiger partial charge in [-0.1, -0.05) is 70.2 Å². The second-order valence-corrected chi connectivity index (χ2v) is 12.4. The molecule has 1 N–H and O–H groups in total. The maximum atomic E-state index is 13.5. The highest BCUT2D eigenvalue weighted by Crippen LogP contribution is 2.44. The van der Waals surface area contributed by atoms with Crippen LogP contribution >= 0.6 is 11.3 Å². The van der Waals surface area contributed by atoms with Crippen LogP contribution in [0.5, 0.6) is 5.75 Å². The largest absolute Gasteiger partial charge is 0.507 e. The third kappa shape index (κ3) is 6.20. The minimum absolute atomic E-state index is 0.0557. The molecule has 2 heterocycles. The van der Waals surface area contributed by atoms with Crippen LogP contribution < -0.4 is 9.64 Å². The van der Waals surface area contributed by atoms with Gasteiger partial charge in [0, 0.05) is 5.56 Å². The Bertz CT molecular complexity index is 1480. The van der Waals surface area contributed by atoms with Crippen LogP contribution in [0.15, 0.2) is 54.1 Å². The molecule has 0 aliphatic carbocycles. The van der Waals surface area contributed by atoms with Gasteiger partial charge in [0.2, 0.25) is 0 Å². The smallest absolute Gasteiger partial charge is 0.350 e. The van der Waals surface area contributed by atoms with Gasteiger partial charge in [-0.05, 0) is 60.6 Å². The SMILES string of the molecule is CCOC(=O)c1sc(N2C(=O)C(=O)/C(=C(/O)c3ccc(OCC(C)C)cc3)C2c2ccc(C(C)(C)C)cc2)nc1C. The summed E-state index contributed by atoms with van der Waals surface area (Å²) in [5.74, 6) is -1.53. The predicted octanol–water partition coefficient (Wildman–Crippen LogP) is 6.59. The molecule has 1 aliphatic heterocycles. The van der Waals surface area contributed by atoms with Gasteiger partial charge in [0.05, 0.1) is 30.5 Å². The summed E-state index contributed by atoms with van der Waals surface area (Å²) in [5.41, 5.74) is 2.30. The van der Waals surface area contributed by atoms with Crippen molar-refractivity contribution in [2.45, 2.75) is 59.9 Å². The Balaban J connectivity index is 1.84. The highest BCUT2D eigenvalue weighted by molar-refractivity contribution is 7.17. The molecule has 1 atom stereocenters. The molecule has 216 valence electrons. The third-order valence-corrected chi connectivity index (χ3v) is 7.84. The second-order valence-electron chi connectivity index (χ2n) is 11.4. The van der Waals surface area contributed by atoms with E-state index < -0.39 is 23.7 Å². The maximum Gasteiger partial charge on any atom is 0.350 e. The van der Waals surface area contributed by atoms with E-state index in [4.69, 9.17) is 9.47 Å². The molecule has 1 unspecified atom stereocenters. The summed E-state index contributed by atoms with van der Waals surface area (Å²) in [5, 5.41) is 11.6. The first-order valence-electron chi connectivity index (χ1n) is 13.6. The second kappa shape index (κ2) is 11.9. The fourth-order valence-electron chi connectivity index (χ4n) is 4.51. The number of Topliss-reactive ketones (excluding diaryl/α,β-unsaturated/α-hetero) is 1. The Hall–Kier alpha value is -3.98. The number of thiazole rings is 1. The fourth-order valence-corrected chi connectivity index (χ4v) is 5.50. The molecule has 4 rings (SSSR count). The van der Waals surface area contributed by atoms with Crippen molar-refractivity contribution in [3.05, 3.63) is 81.4 Å². The Kier molecular flexibility index (Phi) is 8.68. The van der Waals surface area contributed by atoms with Crippen molar-refractivity contribution in [2.24, 2.45) is 5.92 Å². The highest BCUT2D eigenvalue weighted by atomic mass is 32.1. The van der Waals surface area contributed by atoms with Gasteiger partial charge in [-0.15, -0.1) is 0 Å². The van der Waals surface area contributed by atoms with Crippen molar-refractivity contribution in [2.75, 3.05) is 18.1 Å². The van der Waals surface area contributed by atoms with E-state index in [1.807, 2.05) is 38.1 Å². The van der Waals surface area contributed by atoms with Crippen LogP contribution in [-0.4, -0.2) is 41.0 Å². The predicted molar refractivity (Wildman–Crippen MR) is 160 cm³/mol. The molecule has 2 aromatic carbocycles. The quantitative estimate of drug-likeness (QED) is 0.140. The maximum absolute atomic E-state index is 13.5. The lowest BCUT2D eigenvalue weighted by atomic mass is 9.85. The number of aryl methyl sites for hydroxylation is 1. The topological polar surface area (TPSA) is 106 Å². The molecule has 1 amide bonds. The number of aliphatic hydroxyl groups excluding tert-OH is 1. The standard InChI is InChI=1S/C32H36N2O6S/c1-8-39-30(38)28-19(4)33-31(41-28)34-25(20-9-13-22(14-10-20)32(5,6)7)24(27(36)29(34)37)26(35)21-11-15-23(16-12-21)40-17-18(2)3/h9-16,18,25,35H,8,17H2,1-7H3/b26-24+. The molecule has 41 heavy (non-hydrogen) atoms. The zero-order valence-corrected chi connectivity index (χ0v) is 25.3. The lowest BCUT2D eigenvalue weighted by Gasteiger charge is -2.24. The monoisotopic (exact) mass is 576 g/mol. The minimum Gasteiger partial charge on any atom is -0.507 e. The van der Waals surface area contributed by atoms with Crippen LogP contribution in [0.3, 0.4) is 0 Å².